The second kappa shape index (κ2) is 7.38. The van der Waals surface area contributed by atoms with Gasteiger partial charge in [-0.1, -0.05) is 36.4 Å². The van der Waals surface area contributed by atoms with Crippen LogP contribution in [0.1, 0.15) is 0 Å². The maximum absolute atomic E-state index is 8.63. The number of aromatic hydroxyl groups is 2. The molecule has 2 rings (SSSR count). The van der Waals surface area contributed by atoms with Crippen LogP contribution >= 0.6 is 0 Å². The molecule has 0 aromatic heterocycles. The summed E-state index contributed by atoms with van der Waals surface area (Å²) < 4.78 is 0. The predicted octanol–water partition coefficient (Wildman–Crippen LogP) is 2.94. The average Bonchev–Trinajstić information content (AvgIpc) is 2.21. The fourth-order valence-electron chi connectivity index (χ4n) is 0.856. The first kappa shape index (κ1) is 13.0. The first-order chi connectivity index (χ1) is 6.79. The molecule has 2 N–H and O–H groups in total. The second-order valence-corrected chi connectivity index (χ2v) is 2.67. The maximum Gasteiger partial charge on any atom is 0.115 e. The molecule has 0 aliphatic heterocycles. The molecule has 0 fully saturated rings. The SMILES string of the molecule is F.Oc1ccccc1.Oc1ccccc1. The van der Waals surface area contributed by atoms with E-state index in [1.54, 1.807) is 48.5 Å². The fourth-order valence-corrected chi connectivity index (χ4v) is 0.856. The number of hydrogen-bond donors (Lipinski definition) is 2. The number of hydrogen-bond acceptors (Lipinski definition) is 2. The molecular formula is C12H13FO2. The molecule has 0 bridgehead atoms. The van der Waals surface area contributed by atoms with Gasteiger partial charge in [-0.2, -0.15) is 0 Å². The van der Waals surface area contributed by atoms with Gasteiger partial charge in [-0.05, 0) is 24.3 Å². The Balaban J connectivity index is 0.000000245. The lowest BCUT2D eigenvalue weighted by molar-refractivity contribution is 0.475. The summed E-state index contributed by atoms with van der Waals surface area (Å²) in [5.74, 6) is 0.644. The highest BCUT2D eigenvalue weighted by Gasteiger charge is 1.75. The van der Waals surface area contributed by atoms with Crippen LogP contribution < -0.4 is 0 Å². The Hall–Kier alpha value is -2.03. The molecule has 2 nitrogen and oxygen atoms in total. The van der Waals surface area contributed by atoms with Crippen LogP contribution in [0.4, 0.5) is 4.70 Å². The van der Waals surface area contributed by atoms with Crippen molar-refractivity contribution in [3.05, 3.63) is 60.7 Å². The molecule has 15 heavy (non-hydrogen) atoms. The van der Waals surface area contributed by atoms with Crippen LogP contribution in [0.5, 0.6) is 11.5 Å². The third kappa shape index (κ3) is 6.10. The van der Waals surface area contributed by atoms with Crippen molar-refractivity contribution in [1.29, 1.82) is 0 Å². The van der Waals surface area contributed by atoms with Gasteiger partial charge < -0.3 is 10.2 Å². The smallest absolute Gasteiger partial charge is 0.115 e. The molecule has 0 unspecified atom stereocenters. The van der Waals surface area contributed by atoms with Crippen molar-refractivity contribution in [2.24, 2.45) is 0 Å². The topological polar surface area (TPSA) is 40.5 Å². The summed E-state index contributed by atoms with van der Waals surface area (Å²) in [6, 6.07) is 17.4. The number of phenols is 2. The normalized spacial score (nSPS) is 8.00. The number of benzene rings is 2. The van der Waals surface area contributed by atoms with Crippen molar-refractivity contribution in [3.8, 4) is 11.5 Å². The molecule has 80 valence electrons. The lowest BCUT2D eigenvalue weighted by atomic mass is 10.3. The highest BCUT2D eigenvalue weighted by molar-refractivity contribution is 5.19. The highest BCUT2D eigenvalue weighted by atomic mass is 19.0. The fraction of sp³-hybridized carbons (Fsp3) is 0. The summed E-state index contributed by atoms with van der Waals surface area (Å²) >= 11 is 0. The van der Waals surface area contributed by atoms with Gasteiger partial charge in [0.05, 0.1) is 0 Å². The molecule has 0 amide bonds. The molecule has 2 aromatic rings. The van der Waals surface area contributed by atoms with E-state index in [1.165, 1.54) is 0 Å². The van der Waals surface area contributed by atoms with Gasteiger partial charge in [0, 0.05) is 0 Å². The Labute approximate surface area is 87.8 Å². The van der Waals surface area contributed by atoms with Gasteiger partial charge >= 0.3 is 0 Å². The van der Waals surface area contributed by atoms with Crippen LogP contribution in [0, 0.1) is 0 Å². The minimum Gasteiger partial charge on any atom is -0.508 e. The Bertz CT molecular complexity index is 311. The van der Waals surface area contributed by atoms with E-state index in [1.807, 2.05) is 12.1 Å². The Morgan fingerprint density at radius 1 is 0.533 bits per heavy atom. The summed E-state index contributed by atoms with van der Waals surface area (Å²) in [6.45, 7) is 0. The van der Waals surface area contributed by atoms with E-state index in [2.05, 4.69) is 0 Å². The molecule has 0 aliphatic carbocycles. The minimum atomic E-state index is 0. The van der Waals surface area contributed by atoms with Crippen molar-refractivity contribution < 1.29 is 14.9 Å². The van der Waals surface area contributed by atoms with Crippen LogP contribution in [0.2, 0.25) is 0 Å². The molecule has 0 spiro atoms. The van der Waals surface area contributed by atoms with Crippen molar-refractivity contribution in [2.45, 2.75) is 0 Å². The zero-order valence-corrected chi connectivity index (χ0v) is 8.08. The third-order valence-corrected chi connectivity index (χ3v) is 1.51. The van der Waals surface area contributed by atoms with Gasteiger partial charge in [-0.25, -0.2) is 0 Å². The van der Waals surface area contributed by atoms with E-state index >= 15 is 0 Å². The van der Waals surface area contributed by atoms with Gasteiger partial charge in [0.1, 0.15) is 11.5 Å². The van der Waals surface area contributed by atoms with Crippen LogP contribution in [0.25, 0.3) is 0 Å². The van der Waals surface area contributed by atoms with Crippen LogP contribution in [0.3, 0.4) is 0 Å². The standard InChI is InChI=1S/2C6H6O.FH/c2*7-6-4-2-1-3-5-6;/h2*1-5,7H;1H. The summed E-state index contributed by atoms with van der Waals surface area (Å²) in [4.78, 5) is 0. The Morgan fingerprint density at radius 3 is 0.933 bits per heavy atom. The monoisotopic (exact) mass is 208 g/mol. The molecule has 0 saturated heterocycles. The Kier molecular flexibility index (Phi) is 6.38. The number of phenolic OH excluding ortho intramolecular Hbond substituents is 2. The largest absolute Gasteiger partial charge is 0.508 e. The van der Waals surface area contributed by atoms with E-state index in [9.17, 15) is 0 Å². The molecule has 0 radical (unpaired) electrons. The number of halogens is 1. The second-order valence-electron chi connectivity index (χ2n) is 2.67. The maximum atomic E-state index is 8.63. The van der Waals surface area contributed by atoms with Crippen molar-refractivity contribution in [2.75, 3.05) is 0 Å². The minimum absolute atomic E-state index is 0. The first-order valence-electron chi connectivity index (χ1n) is 4.27. The lowest BCUT2D eigenvalue weighted by Gasteiger charge is -1.82. The quantitative estimate of drug-likeness (QED) is 0.698. The van der Waals surface area contributed by atoms with Gasteiger partial charge in [0.2, 0.25) is 0 Å². The summed E-state index contributed by atoms with van der Waals surface area (Å²) in [5.41, 5.74) is 0. The average molecular weight is 208 g/mol. The van der Waals surface area contributed by atoms with Crippen molar-refractivity contribution in [3.63, 3.8) is 0 Å². The molecular weight excluding hydrogens is 195 g/mol. The van der Waals surface area contributed by atoms with Gasteiger partial charge in [-0.15, -0.1) is 0 Å². The van der Waals surface area contributed by atoms with Gasteiger partial charge in [0.15, 0.2) is 0 Å². The van der Waals surface area contributed by atoms with Crippen LogP contribution in [0.15, 0.2) is 60.7 Å². The van der Waals surface area contributed by atoms with Gasteiger partial charge in [0.25, 0.3) is 0 Å². The molecule has 0 aliphatic rings. The lowest BCUT2D eigenvalue weighted by Crippen LogP contribution is -1.56. The van der Waals surface area contributed by atoms with Crippen molar-refractivity contribution in [1.82, 2.24) is 0 Å². The molecule has 0 heterocycles. The first-order valence-corrected chi connectivity index (χ1v) is 4.27. The zero-order valence-electron chi connectivity index (χ0n) is 8.08. The zero-order chi connectivity index (χ0) is 10.2. The van der Waals surface area contributed by atoms with E-state index in [4.69, 9.17) is 10.2 Å². The van der Waals surface area contributed by atoms with E-state index in [0.29, 0.717) is 11.5 Å². The van der Waals surface area contributed by atoms with E-state index in [0.717, 1.165) is 0 Å². The predicted molar refractivity (Wildman–Crippen MR) is 58.7 cm³/mol. The highest BCUT2D eigenvalue weighted by Crippen LogP contribution is 2.03. The van der Waals surface area contributed by atoms with E-state index < -0.39 is 0 Å². The molecule has 2 aromatic carbocycles. The van der Waals surface area contributed by atoms with Crippen LogP contribution in [-0.2, 0) is 0 Å². The van der Waals surface area contributed by atoms with E-state index in [-0.39, 0.29) is 4.70 Å². The number of rotatable bonds is 0. The van der Waals surface area contributed by atoms with Gasteiger partial charge in [-0.3, -0.25) is 4.70 Å². The molecule has 3 heteroatoms. The van der Waals surface area contributed by atoms with Crippen molar-refractivity contribution >= 4 is 0 Å². The molecule has 0 saturated carbocycles. The summed E-state index contributed by atoms with van der Waals surface area (Å²) in [6.07, 6.45) is 0. The number of para-hydroxylation sites is 2. The third-order valence-electron chi connectivity index (χ3n) is 1.51. The van der Waals surface area contributed by atoms with Crippen LogP contribution in [-0.4, -0.2) is 10.2 Å². The Morgan fingerprint density at radius 2 is 0.800 bits per heavy atom. The molecule has 0 atom stereocenters. The summed E-state index contributed by atoms with van der Waals surface area (Å²) in [5, 5.41) is 17.3. The summed E-state index contributed by atoms with van der Waals surface area (Å²) in [7, 11) is 0.